The maximum atomic E-state index is 13.3. The number of carbonyl (C=O) groups excluding carboxylic acids is 1. The number of nitrogens with one attached hydrogen (secondary N) is 1. The summed E-state index contributed by atoms with van der Waals surface area (Å²) in [7, 11) is 0. The van der Waals surface area contributed by atoms with E-state index in [1.54, 1.807) is 12.3 Å². The number of para-hydroxylation sites is 1. The van der Waals surface area contributed by atoms with Crippen LogP contribution in [0.3, 0.4) is 0 Å². The summed E-state index contributed by atoms with van der Waals surface area (Å²) < 4.78 is 13.6. The molecule has 0 atom stereocenters. The molecule has 1 fully saturated rings. The molecule has 0 aliphatic carbocycles. The maximum absolute atomic E-state index is 13.3. The largest absolute Gasteiger partial charge is 0.456 e. The van der Waals surface area contributed by atoms with Crippen LogP contribution in [-0.4, -0.2) is 40.4 Å². The van der Waals surface area contributed by atoms with Gasteiger partial charge in [-0.3, -0.25) is 0 Å². The number of anilines is 1. The number of rotatable bonds is 5. The maximum Gasteiger partial charge on any atom is 0.340 e. The molecule has 3 aromatic carbocycles. The van der Waals surface area contributed by atoms with E-state index in [2.05, 4.69) is 51.3 Å². The number of hydrogen-bond donors (Lipinski definition) is 1. The monoisotopic (exact) mass is 544 g/mol. The molecule has 0 bridgehead atoms. The lowest BCUT2D eigenvalue weighted by atomic mass is 10.0. The zero-order chi connectivity index (χ0) is 28.6. The third-order valence-corrected chi connectivity index (χ3v) is 7.35. The van der Waals surface area contributed by atoms with Crippen LogP contribution in [0.1, 0.15) is 49.7 Å². The van der Waals surface area contributed by atoms with Crippen molar-refractivity contribution in [2.75, 3.05) is 18.5 Å². The second-order valence-corrected chi connectivity index (χ2v) is 11.4. The average Bonchev–Trinajstić information content (AvgIpc) is 3.31. The van der Waals surface area contributed by atoms with Crippen LogP contribution in [0, 0.1) is 11.3 Å². The summed E-state index contributed by atoms with van der Waals surface area (Å²) in [5.41, 5.74) is 6.07. The smallest absolute Gasteiger partial charge is 0.340 e. The summed E-state index contributed by atoms with van der Waals surface area (Å²) in [6, 6.07) is 26.5. The van der Waals surface area contributed by atoms with Gasteiger partial charge in [0.15, 0.2) is 0 Å². The molecule has 6 rings (SSSR count). The van der Waals surface area contributed by atoms with Gasteiger partial charge in [0.05, 0.1) is 22.3 Å². The Morgan fingerprint density at radius 2 is 1.80 bits per heavy atom. The second-order valence-electron chi connectivity index (χ2n) is 11.4. The van der Waals surface area contributed by atoms with Crippen LogP contribution in [0.5, 0.6) is 0 Å². The zero-order valence-corrected chi connectivity index (χ0v) is 23.5. The first kappa shape index (κ1) is 26.5. The van der Waals surface area contributed by atoms with Gasteiger partial charge in [0, 0.05) is 47.5 Å². The first-order valence-electron chi connectivity index (χ1n) is 13.9. The van der Waals surface area contributed by atoms with Gasteiger partial charge in [0.25, 0.3) is 0 Å². The lowest BCUT2D eigenvalue weighted by Gasteiger charge is -2.26. The highest BCUT2D eigenvalue weighted by molar-refractivity contribution is 6.15. The SMILES string of the molecule is CC(C)(C)OC(=O)c1ccc(-n2c3ccccc3c3c(-c4ccc(C#N)nc4)cccc32)cc1NC1CCOCC1. The van der Waals surface area contributed by atoms with Crippen LogP contribution in [0.25, 0.3) is 38.6 Å². The summed E-state index contributed by atoms with van der Waals surface area (Å²) in [6.07, 6.45) is 3.50. The van der Waals surface area contributed by atoms with E-state index in [1.165, 1.54) is 0 Å². The Labute approximate surface area is 239 Å². The fourth-order valence-electron chi connectivity index (χ4n) is 5.52. The lowest BCUT2D eigenvalue weighted by molar-refractivity contribution is 0.00706. The minimum atomic E-state index is -0.602. The third kappa shape index (κ3) is 5.27. The molecule has 206 valence electrons. The molecule has 0 unspecified atom stereocenters. The van der Waals surface area contributed by atoms with Crippen molar-refractivity contribution in [2.24, 2.45) is 0 Å². The van der Waals surface area contributed by atoms with E-state index in [9.17, 15) is 10.1 Å². The van der Waals surface area contributed by atoms with E-state index in [4.69, 9.17) is 9.47 Å². The van der Waals surface area contributed by atoms with Crippen molar-refractivity contribution < 1.29 is 14.3 Å². The Kier molecular flexibility index (Phi) is 6.94. The third-order valence-electron chi connectivity index (χ3n) is 7.35. The molecule has 0 spiro atoms. The highest BCUT2D eigenvalue weighted by Gasteiger charge is 2.24. The van der Waals surface area contributed by atoms with E-state index in [0.29, 0.717) is 24.5 Å². The molecule has 0 amide bonds. The van der Waals surface area contributed by atoms with Crippen LogP contribution in [0.15, 0.2) is 79.0 Å². The zero-order valence-electron chi connectivity index (χ0n) is 23.5. The average molecular weight is 545 g/mol. The van der Waals surface area contributed by atoms with Gasteiger partial charge in [-0.2, -0.15) is 5.26 Å². The van der Waals surface area contributed by atoms with E-state index in [-0.39, 0.29) is 12.0 Å². The number of pyridine rings is 1. The molecular weight excluding hydrogens is 512 g/mol. The van der Waals surface area contributed by atoms with Crippen molar-refractivity contribution in [3.8, 4) is 22.9 Å². The number of nitriles is 1. The number of hydrogen-bond acceptors (Lipinski definition) is 6. The van der Waals surface area contributed by atoms with Crippen molar-refractivity contribution in [3.63, 3.8) is 0 Å². The number of esters is 1. The molecule has 1 saturated heterocycles. The van der Waals surface area contributed by atoms with Crippen molar-refractivity contribution in [1.29, 1.82) is 5.26 Å². The Hall–Kier alpha value is -4.67. The molecule has 3 heterocycles. The summed E-state index contributed by atoms with van der Waals surface area (Å²) in [5.74, 6) is -0.351. The molecular formula is C34H32N4O3. The fraction of sp³-hybridized carbons (Fsp3) is 0.265. The number of benzene rings is 3. The molecule has 0 saturated carbocycles. The summed E-state index contributed by atoms with van der Waals surface area (Å²) in [6.45, 7) is 7.02. The van der Waals surface area contributed by atoms with Gasteiger partial charge in [-0.05, 0) is 81.6 Å². The minimum Gasteiger partial charge on any atom is -0.456 e. The van der Waals surface area contributed by atoms with E-state index in [0.717, 1.165) is 57.1 Å². The van der Waals surface area contributed by atoms with Gasteiger partial charge in [-0.1, -0.05) is 30.3 Å². The van der Waals surface area contributed by atoms with Gasteiger partial charge in [-0.25, -0.2) is 9.78 Å². The highest BCUT2D eigenvalue weighted by Crippen LogP contribution is 2.39. The first-order valence-corrected chi connectivity index (χ1v) is 13.9. The Bertz CT molecular complexity index is 1790. The second kappa shape index (κ2) is 10.7. The Morgan fingerprint density at radius 3 is 2.54 bits per heavy atom. The standard InChI is InChI=1S/C34H32N4O3/c1-34(2,3)41-33(39)27-14-13-25(19-29(27)37-23-15-17-40-18-16-23)38-30-9-5-4-7-28(30)32-26(8-6-10-31(32)38)22-11-12-24(20-35)36-21-22/h4-14,19,21,23,37H,15-18H2,1-3H3. The van der Waals surface area contributed by atoms with Crippen LogP contribution in [0.2, 0.25) is 0 Å². The van der Waals surface area contributed by atoms with Gasteiger partial charge in [0.1, 0.15) is 17.4 Å². The highest BCUT2D eigenvalue weighted by atomic mass is 16.6. The van der Waals surface area contributed by atoms with E-state index >= 15 is 0 Å². The lowest BCUT2D eigenvalue weighted by Crippen LogP contribution is -2.29. The predicted molar refractivity (Wildman–Crippen MR) is 161 cm³/mol. The number of fused-ring (bicyclic) bond motifs is 3. The van der Waals surface area contributed by atoms with Gasteiger partial charge in [0.2, 0.25) is 0 Å². The molecule has 7 heteroatoms. The van der Waals surface area contributed by atoms with Crippen molar-refractivity contribution in [1.82, 2.24) is 9.55 Å². The molecule has 1 N–H and O–H groups in total. The predicted octanol–water partition coefficient (Wildman–Crippen LogP) is 7.26. The van der Waals surface area contributed by atoms with Crippen LogP contribution in [-0.2, 0) is 9.47 Å². The van der Waals surface area contributed by atoms with Gasteiger partial charge in [-0.15, -0.1) is 0 Å². The van der Waals surface area contributed by atoms with Crippen LogP contribution < -0.4 is 5.32 Å². The van der Waals surface area contributed by atoms with Crippen LogP contribution >= 0.6 is 0 Å². The molecule has 41 heavy (non-hydrogen) atoms. The quantitative estimate of drug-likeness (QED) is 0.234. The van der Waals surface area contributed by atoms with Gasteiger partial charge < -0.3 is 19.4 Å². The number of nitrogens with zero attached hydrogens (tertiary/aromatic N) is 3. The molecule has 2 aromatic heterocycles. The van der Waals surface area contributed by atoms with Crippen molar-refractivity contribution in [3.05, 3.63) is 90.3 Å². The van der Waals surface area contributed by atoms with Crippen molar-refractivity contribution >= 4 is 33.5 Å². The normalized spacial score (nSPS) is 14.2. The van der Waals surface area contributed by atoms with E-state index < -0.39 is 5.60 Å². The topological polar surface area (TPSA) is 89.2 Å². The summed E-state index contributed by atoms with van der Waals surface area (Å²) in [5, 5.41) is 15.1. The fourth-order valence-corrected chi connectivity index (χ4v) is 5.52. The van der Waals surface area contributed by atoms with Gasteiger partial charge >= 0.3 is 5.97 Å². The molecule has 1 aliphatic rings. The number of carbonyl (C=O) groups is 1. The number of aromatic nitrogens is 2. The Morgan fingerprint density at radius 1 is 1.02 bits per heavy atom. The number of ether oxygens (including phenoxy) is 2. The summed E-state index contributed by atoms with van der Waals surface area (Å²) in [4.78, 5) is 17.6. The minimum absolute atomic E-state index is 0.203. The Balaban J connectivity index is 1.53. The molecule has 1 aliphatic heterocycles. The van der Waals surface area contributed by atoms with Crippen LogP contribution in [0.4, 0.5) is 5.69 Å². The van der Waals surface area contributed by atoms with Crippen molar-refractivity contribution in [2.45, 2.75) is 45.3 Å². The first-order chi connectivity index (χ1) is 19.8. The molecule has 0 radical (unpaired) electrons. The molecule has 7 nitrogen and oxygen atoms in total. The summed E-state index contributed by atoms with van der Waals surface area (Å²) >= 11 is 0. The van der Waals surface area contributed by atoms with E-state index in [1.807, 2.05) is 57.2 Å². The molecule has 5 aromatic rings.